The average Bonchev–Trinajstić information content (AvgIpc) is 3.33. The molecule has 0 aliphatic heterocycles. The topological polar surface area (TPSA) is 64.0 Å². The van der Waals surface area contributed by atoms with Gasteiger partial charge in [-0.15, -0.1) is 11.3 Å². The van der Waals surface area contributed by atoms with Gasteiger partial charge in [0.25, 0.3) is 5.56 Å². The molecule has 2 aliphatic carbocycles. The molecular weight excluding hydrogens is 402 g/mol. The number of hydrogen-bond donors (Lipinski definition) is 1. The van der Waals surface area contributed by atoms with E-state index in [2.05, 4.69) is 19.2 Å². The molecule has 158 valence electrons. The van der Waals surface area contributed by atoms with Crippen LogP contribution >= 0.6 is 23.1 Å². The van der Waals surface area contributed by atoms with Gasteiger partial charge in [-0.2, -0.15) is 0 Å². The van der Waals surface area contributed by atoms with Crippen LogP contribution in [0.1, 0.15) is 75.8 Å². The molecule has 5 nitrogen and oxygen atoms in total. The summed E-state index contributed by atoms with van der Waals surface area (Å²) in [5.41, 5.74) is 1.38. The quantitative estimate of drug-likeness (QED) is 0.529. The van der Waals surface area contributed by atoms with Crippen LogP contribution in [0.3, 0.4) is 0 Å². The maximum absolute atomic E-state index is 13.6. The van der Waals surface area contributed by atoms with E-state index in [1.54, 1.807) is 11.3 Å². The van der Waals surface area contributed by atoms with Crippen molar-refractivity contribution < 1.29 is 4.79 Å². The number of carbonyl (C=O) groups excluding carboxylic acids is 1. The number of fused-ring (bicyclic) bond motifs is 3. The number of aryl methyl sites for hydroxylation is 2. The van der Waals surface area contributed by atoms with E-state index in [0.717, 1.165) is 60.3 Å². The van der Waals surface area contributed by atoms with E-state index in [0.29, 0.717) is 11.7 Å². The predicted molar refractivity (Wildman–Crippen MR) is 121 cm³/mol. The summed E-state index contributed by atoms with van der Waals surface area (Å²) in [4.78, 5) is 33.2. The Morgan fingerprint density at radius 3 is 2.66 bits per heavy atom. The highest BCUT2D eigenvalue weighted by Gasteiger charge is 2.27. The zero-order valence-electron chi connectivity index (χ0n) is 17.6. The number of rotatable bonds is 6. The van der Waals surface area contributed by atoms with Crippen LogP contribution in [-0.2, 0) is 17.6 Å². The van der Waals surface area contributed by atoms with Crippen LogP contribution in [0.4, 0.5) is 0 Å². The third-order valence-corrected chi connectivity index (χ3v) is 8.54. The molecule has 0 saturated heterocycles. The minimum absolute atomic E-state index is 0.00833. The summed E-state index contributed by atoms with van der Waals surface area (Å²) < 4.78 is 1.93. The van der Waals surface area contributed by atoms with Crippen LogP contribution in [0.5, 0.6) is 0 Å². The van der Waals surface area contributed by atoms with Crippen molar-refractivity contribution in [1.82, 2.24) is 14.9 Å². The summed E-state index contributed by atoms with van der Waals surface area (Å²) in [7, 11) is 0. The van der Waals surface area contributed by atoms with E-state index in [-0.39, 0.29) is 23.6 Å². The van der Waals surface area contributed by atoms with Crippen LogP contribution < -0.4 is 10.9 Å². The molecule has 1 fully saturated rings. The van der Waals surface area contributed by atoms with Crippen LogP contribution in [0, 0.1) is 5.92 Å². The first-order valence-electron chi connectivity index (χ1n) is 10.9. The third-order valence-electron chi connectivity index (χ3n) is 6.40. The standard InChI is InChI=1S/C22H31N3O2S2/c1-13(2)14(3)23-18(26)12-28-22-24-20-19(16-10-6-7-11-17(16)29-20)21(27)25(22)15-8-4-5-9-15/h13-15H,4-12H2,1-3H3,(H,23,26)/t14-/m0/s1. The molecule has 0 aromatic carbocycles. The first-order valence-corrected chi connectivity index (χ1v) is 12.7. The SMILES string of the molecule is CC(C)[C@H](C)NC(=O)CSc1nc2sc3c(c2c(=O)n1C1CCCC1)CCCC3. The molecule has 1 amide bonds. The number of thioether (sulfide) groups is 1. The summed E-state index contributed by atoms with van der Waals surface area (Å²) in [6.45, 7) is 6.23. The van der Waals surface area contributed by atoms with Crippen molar-refractivity contribution in [3.05, 3.63) is 20.8 Å². The number of carbonyl (C=O) groups is 1. The van der Waals surface area contributed by atoms with E-state index in [9.17, 15) is 9.59 Å². The van der Waals surface area contributed by atoms with Crippen LogP contribution in [0.2, 0.25) is 0 Å². The van der Waals surface area contributed by atoms with Crippen LogP contribution in [0.15, 0.2) is 9.95 Å². The molecular formula is C22H31N3O2S2. The second kappa shape index (κ2) is 8.80. The summed E-state index contributed by atoms with van der Waals surface area (Å²) in [6.07, 6.45) is 8.81. The number of thiophene rings is 1. The van der Waals surface area contributed by atoms with Crippen LogP contribution in [0.25, 0.3) is 10.2 Å². The number of nitrogens with zero attached hydrogens (tertiary/aromatic N) is 2. The Hall–Kier alpha value is -1.34. The van der Waals surface area contributed by atoms with Gasteiger partial charge in [0.15, 0.2) is 5.16 Å². The minimum atomic E-state index is 0.00833. The Labute approximate surface area is 180 Å². The van der Waals surface area contributed by atoms with Gasteiger partial charge in [-0.05, 0) is 56.9 Å². The van der Waals surface area contributed by atoms with Gasteiger partial charge in [-0.3, -0.25) is 14.2 Å². The molecule has 0 spiro atoms. The minimum Gasteiger partial charge on any atom is -0.353 e. The molecule has 0 radical (unpaired) electrons. The number of hydrogen-bond acceptors (Lipinski definition) is 5. The van der Waals surface area contributed by atoms with Gasteiger partial charge >= 0.3 is 0 Å². The first kappa shape index (κ1) is 20.9. The highest BCUT2D eigenvalue weighted by Crippen LogP contribution is 2.37. The predicted octanol–water partition coefficient (Wildman–Crippen LogP) is 4.70. The lowest BCUT2D eigenvalue weighted by molar-refractivity contribution is -0.119. The first-order chi connectivity index (χ1) is 14.0. The average molecular weight is 434 g/mol. The fourth-order valence-electron chi connectivity index (χ4n) is 4.38. The molecule has 2 aliphatic rings. The normalized spacial score (nSPS) is 18.3. The molecule has 2 aromatic rings. The summed E-state index contributed by atoms with van der Waals surface area (Å²) in [6, 6.07) is 0.360. The molecule has 1 N–H and O–H groups in total. The Morgan fingerprint density at radius 2 is 1.93 bits per heavy atom. The van der Waals surface area contributed by atoms with Crippen molar-refractivity contribution in [2.75, 3.05) is 5.75 Å². The Kier molecular flexibility index (Phi) is 6.35. The largest absolute Gasteiger partial charge is 0.353 e. The van der Waals surface area contributed by atoms with Crippen molar-refractivity contribution >= 4 is 39.2 Å². The maximum Gasteiger partial charge on any atom is 0.263 e. The van der Waals surface area contributed by atoms with E-state index in [4.69, 9.17) is 4.98 Å². The molecule has 0 unspecified atom stereocenters. The monoisotopic (exact) mass is 433 g/mol. The van der Waals surface area contributed by atoms with Crippen molar-refractivity contribution in [1.29, 1.82) is 0 Å². The van der Waals surface area contributed by atoms with Gasteiger partial charge in [-0.25, -0.2) is 4.98 Å². The molecule has 4 rings (SSSR count). The van der Waals surface area contributed by atoms with E-state index >= 15 is 0 Å². The van der Waals surface area contributed by atoms with Gasteiger partial charge in [0, 0.05) is 17.0 Å². The smallest absolute Gasteiger partial charge is 0.263 e. The molecule has 29 heavy (non-hydrogen) atoms. The summed E-state index contributed by atoms with van der Waals surface area (Å²) in [5, 5.41) is 4.64. The zero-order valence-corrected chi connectivity index (χ0v) is 19.3. The van der Waals surface area contributed by atoms with E-state index < -0.39 is 0 Å². The second-order valence-corrected chi connectivity index (χ2v) is 10.8. The Bertz CT molecular complexity index is 957. The summed E-state index contributed by atoms with van der Waals surface area (Å²) in [5.74, 6) is 0.703. The van der Waals surface area contributed by atoms with E-state index in [1.165, 1.54) is 28.6 Å². The Morgan fingerprint density at radius 1 is 1.21 bits per heavy atom. The fraction of sp³-hybridized carbons (Fsp3) is 0.682. The van der Waals surface area contributed by atoms with Crippen molar-refractivity contribution in [3.8, 4) is 0 Å². The lowest BCUT2D eigenvalue weighted by atomic mass is 9.97. The number of nitrogens with one attached hydrogen (secondary N) is 1. The molecule has 0 bridgehead atoms. The molecule has 1 atom stereocenters. The Balaban J connectivity index is 1.67. The number of amides is 1. The molecule has 1 saturated carbocycles. The van der Waals surface area contributed by atoms with Crippen LogP contribution in [-0.4, -0.2) is 27.3 Å². The van der Waals surface area contributed by atoms with Gasteiger partial charge in [0.05, 0.1) is 11.1 Å². The maximum atomic E-state index is 13.6. The number of aromatic nitrogens is 2. The van der Waals surface area contributed by atoms with Gasteiger partial charge in [0.2, 0.25) is 5.91 Å². The summed E-state index contributed by atoms with van der Waals surface area (Å²) >= 11 is 3.11. The molecule has 2 aromatic heterocycles. The highest BCUT2D eigenvalue weighted by atomic mass is 32.2. The zero-order chi connectivity index (χ0) is 20.5. The van der Waals surface area contributed by atoms with Crippen molar-refractivity contribution in [3.63, 3.8) is 0 Å². The fourth-order valence-corrected chi connectivity index (χ4v) is 6.56. The van der Waals surface area contributed by atoms with Gasteiger partial charge in [0.1, 0.15) is 4.83 Å². The third kappa shape index (κ3) is 4.26. The molecule has 7 heteroatoms. The van der Waals surface area contributed by atoms with Gasteiger partial charge < -0.3 is 5.32 Å². The van der Waals surface area contributed by atoms with Crippen molar-refractivity contribution in [2.24, 2.45) is 5.92 Å². The lowest BCUT2D eigenvalue weighted by Crippen LogP contribution is -2.37. The lowest BCUT2D eigenvalue weighted by Gasteiger charge is -2.19. The molecule has 2 heterocycles. The second-order valence-electron chi connectivity index (χ2n) is 8.79. The highest BCUT2D eigenvalue weighted by molar-refractivity contribution is 7.99. The van der Waals surface area contributed by atoms with Crippen molar-refractivity contribution in [2.45, 2.75) is 89.4 Å². The van der Waals surface area contributed by atoms with E-state index in [1.807, 2.05) is 11.5 Å². The van der Waals surface area contributed by atoms with Gasteiger partial charge in [-0.1, -0.05) is 38.5 Å².